The van der Waals surface area contributed by atoms with Crippen molar-refractivity contribution in [2.24, 2.45) is 0 Å². The molecule has 0 saturated heterocycles. The predicted octanol–water partition coefficient (Wildman–Crippen LogP) is 3.81. The number of rotatable bonds is 10. The van der Waals surface area contributed by atoms with Gasteiger partial charge in [-0.1, -0.05) is 41.0 Å². The molecule has 0 bridgehead atoms. The summed E-state index contributed by atoms with van der Waals surface area (Å²) in [5.41, 5.74) is 0.826. The Morgan fingerprint density at radius 3 is 2.56 bits per heavy atom. The summed E-state index contributed by atoms with van der Waals surface area (Å²) in [6, 6.07) is 10.8. The zero-order valence-electron chi connectivity index (χ0n) is 18.4. The largest absolute Gasteiger partial charge is 0.497 e. The Labute approximate surface area is 210 Å². The van der Waals surface area contributed by atoms with Gasteiger partial charge >= 0.3 is 0 Å². The van der Waals surface area contributed by atoms with Crippen LogP contribution in [0.1, 0.15) is 29.1 Å². The smallest absolute Gasteiger partial charge is 0.251 e. The van der Waals surface area contributed by atoms with Crippen LogP contribution in [0.25, 0.3) is 0 Å². The van der Waals surface area contributed by atoms with E-state index >= 15 is 0 Å². The molecule has 3 rings (SSSR count). The van der Waals surface area contributed by atoms with Gasteiger partial charge in [-0.15, -0.1) is 10.2 Å². The number of amides is 2. The van der Waals surface area contributed by atoms with Crippen LogP contribution in [0.3, 0.4) is 0 Å². The highest BCUT2D eigenvalue weighted by molar-refractivity contribution is 7.99. The summed E-state index contributed by atoms with van der Waals surface area (Å²) in [5, 5.41) is 24.8. The summed E-state index contributed by atoms with van der Waals surface area (Å²) in [6.45, 7) is 1.97. The minimum atomic E-state index is -0.782. The number of hydrogen-bond acceptors (Lipinski definition) is 7. The number of benzene rings is 2. The molecule has 0 radical (unpaired) electrons. The number of carbonyl (C=O) groups is 2. The van der Waals surface area contributed by atoms with E-state index in [1.165, 1.54) is 11.8 Å². The number of carbonyl (C=O) groups excluding carboxylic acids is 2. The lowest BCUT2D eigenvalue weighted by Crippen LogP contribution is -2.32. The molecule has 1 unspecified atom stereocenters. The van der Waals surface area contributed by atoms with Crippen LogP contribution >= 0.6 is 35.0 Å². The van der Waals surface area contributed by atoms with Crippen LogP contribution in [0.15, 0.2) is 47.6 Å². The summed E-state index contributed by atoms with van der Waals surface area (Å²) in [7, 11) is 1.54. The number of methoxy groups -OCH3 is 1. The summed E-state index contributed by atoms with van der Waals surface area (Å²) >= 11 is 13.3. The maximum Gasteiger partial charge on any atom is 0.251 e. The van der Waals surface area contributed by atoms with Gasteiger partial charge in [0.1, 0.15) is 11.8 Å². The molecule has 2 aromatic carbocycles. The molecule has 34 heavy (non-hydrogen) atoms. The average Bonchev–Trinajstić information content (AvgIpc) is 3.26. The van der Waals surface area contributed by atoms with E-state index in [0.29, 0.717) is 39.5 Å². The summed E-state index contributed by atoms with van der Waals surface area (Å²) in [5.74, 6) is 0.382. The van der Waals surface area contributed by atoms with E-state index in [9.17, 15) is 14.7 Å². The maximum absolute atomic E-state index is 12.6. The molecule has 9 nitrogen and oxygen atoms in total. The quantitative estimate of drug-likeness (QED) is 0.345. The third-order valence-electron chi connectivity index (χ3n) is 4.77. The molecule has 0 aliphatic carbocycles. The molecule has 1 aromatic heterocycles. The molecule has 0 aliphatic heterocycles. The lowest BCUT2D eigenvalue weighted by molar-refractivity contribution is -0.113. The fourth-order valence-corrected chi connectivity index (χ4v) is 4.21. The first-order valence-electron chi connectivity index (χ1n) is 10.2. The number of hydrogen-bond donors (Lipinski definition) is 3. The van der Waals surface area contributed by atoms with E-state index in [-0.39, 0.29) is 29.2 Å². The molecule has 3 aromatic rings. The van der Waals surface area contributed by atoms with Crippen molar-refractivity contribution in [2.45, 2.75) is 24.7 Å². The van der Waals surface area contributed by atoms with Crippen LogP contribution < -0.4 is 15.4 Å². The second-order valence-corrected chi connectivity index (χ2v) is 8.69. The number of anilines is 1. The van der Waals surface area contributed by atoms with Crippen molar-refractivity contribution in [3.63, 3.8) is 0 Å². The van der Waals surface area contributed by atoms with Gasteiger partial charge in [0.15, 0.2) is 11.0 Å². The minimum Gasteiger partial charge on any atom is -0.497 e. The SMILES string of the molecule is CCn1c(SCC(=O)Nc2cccc(Cl)c2Cl)nnc1C(CO)NC(=O)c1ccc(OC)cc1. The zero-order valence-corrected chi connectivity index (χ0v) is 20.7. The Balaban J connectivity index is 1.67. The molecule has 2 amide bonds. The Morgan fingerprint density at radius 2 is 1.91 bits per heavy atom. The summed E-state index contributed by atoms with van der Waals surface area (Å²) in [6.07, 6.45) is 0. The molecule has 12 heteroatoms. The third kappa shape index (κ3) is 6.20. The van der Waals surface area contributed by atoms with Gasteiger partial charge in [0, 0.05) is 12.1 Å². The number of thioether (sulfide) groups is 1. The van der Waals surface area contributed by atoms with Crippen LogP contribution in [-0.2, 0) is 11.3 Å². The molecule has 180 valence electrons. The third-order valence-corrected chi connectivity index (χ3v) is 6.56. The van der Waals surface area contributed by atoms with Crippen molar-refractivity contribution < 1.29 is 19.4 Å². The minimum absolute atomic E-state index is 0.0446. The number of nitrogens with one attached hydrogen (secondary N) is 2. The van der Waals surface area contributed by atoms with E-state index in [1.807, 2.05) is 6.92 Å². The van der Waals surface area contributed by atoms with Gasteiger partial charge in [-0.2, -0.15) is 0 Å². The number of aliphatic hydroxyl groups is 1. The van der Waals surface area contributed by atoms with Gasteiger partial charge in [-0.3, -0.25) is 9.59 Å². The molecule has 3 N–H and O–H groups in total. The summed E-state index contributed by atoms with van der Waals surface area (Å²) in [4.78, 5) is 25.0. The van der Waals surface area contributed by atoms with Crippen molar-refractivity contribution in [2.75, 3.05) is 24.8 Å². The van der Waals surface area contributed by atoms with Gasteiger partial charge < -0.3 is 25.0 Å². The van der Waals surface area contributed by atoms with E-state index < -0.39 is 6.04 Å². The van der Waals surface area contributed by atoms with Crippen molar-refractivity contribution in [1.29, 1.82) is 0 Å². The maximum atomic E-state index is 12.6. The fourth-order valence-electron chi connectivity index (χ4n) is 3.05. The second-order valence-electron chi connectivity index (χ2n) is 6.96. The monoisotopic (exact) mass is 523 g/mol. The zero-order chi connectivity index (χ0) is 24.7. The highest BCUT2D eigenvalue weighted by Crippen LogP contribution is 2.30. The molecular formula is C22H23Cl2N5O4S. The molecule has 1 atom stereocenters. The normalized spacial score (nSPS) is 11.7. The Kier molecular flexibility index (Phi) is 9.17. The van der Waals surface area contributed by atoms with Gasteiger partial charge in [0.05, 0.1) is 35.2 Å². The summed E-state index contributed by atoms with van der Waals surface area (Å²) < 4.78 is 6.84. The average molecular weight is 524 g/mol. The number of aliphatic hydroxyl groups excluding tert-OH is 1. The number of nitrogens with zero attached hydrogens (tertiary/aromatic N) is 3. The van der Waals surface area contributed by atoms with Crippen LogP contribution in [0, 0.1) is 0 Å². The Hall–Kier alpha value is -2.79. The van der Waals surface area contributed by atoms with Crippen LogP contribution in [0.2, 0.25) is 10.0 Å². The van der Waals surface area contributed by atoms with Gasteiger partial charge in [-0.25, -0.2) is 0 Å². The van der Waals surface area contributed by atoms with Gasteiger partial charge in [0.2, 0.25) is 5.91 Å². The first kappa shape index (κ1) is 25.8. The molecule has 0 fully saturated rings. The van der Waals surface area contributed by atoms with E-state index in [1.54, 1.807) is 54.1 Å². The van der Waals surface area contributed by atoms with Crippen molar-refractivity contribution in [3.8, 4) is 5.75 Å². The van der Waals surface area contributed by atoms with Crippen LogP contribution in [0.5, 0.6) is 5.75 Å². The fraction of sp³-hybridized carbons (Fsp3) is 0.273. The first-order chi connectivity index (χ1) is 16.4. The molecule has 1 heterocycles. The number of ether oxygens (including phenoxy) is 1. The number of aromatic nitrogens is 3. The topological polar surface area (TPSA) is 118 Å². The van der Waals surface area contributed by atoms with Crippen LogP contribution in [0.4, 0.5) is 5.69 Å². The highest BCUT2D eigenvalue weighted by atomic mass is 35.5. The van der Waals surface area contributed by atoms with Crippen molar-refractivity contribution in [1.82, 2.24) is 20.1 Å². The molecule has 0 spiro atoms. The Morgan fingerprint density at radius 1 is 1.18 bits per heavy atom. The highest BCUT2D eigenvalue weighted by Gasteiger charge is 2.23. The van der Waals surface area contributed by atoms with Gasteiger partial charge in [0.25, 0.3) is 5.91 Å². The molecular weight excluding hydrogens is 501 g/mol. The van der Waals surface area contributed by atoms with Gasteiger partial charge in [-0.05, 0) is 43.3 Å². The Bertz CT molecular complexity index is 1160. The van der Waals surface area contributed by atoms with E-state index in [0.717, 1.165) is 0 Å². The van der Waals surface area contributed by atoms with Crippen LogP contribution in [-0.4, -0.2) is 51.2 Å². The van der Waals surface area contributed by atoms with E-state index in [4.69, 9.17) is 27.9 Å². The van der Waals surface area contributed by atoms with Crippen molar-refractivity contribution >= 4 is 52.5 Å². The first-order valence-corrected chi connectivity index (χ1v) is 12.0. The van der Waals surface area contributed by atoms with E-state index in [2.05, 4.69) is 20.8 Å². The second kappa shape index (κ2) is 12.1. The predicted molar refractivity (Wildman–Crippen MR) is 132 cm³/mol. The molecule has 0 saturated carbocycles. The lowest BCUT2D eigenvalue weighted by atomic mass is 10.2. The number of halogens is 2. The molecule has 0 aliphatic rings. The standard InChI is InChI=1S/C22H23Cl2N5O4S/c1-3-29-20(17(11-30)26-21(32)13-7-9-14(33-2)10-8-13)27-28-22(29)34-12-18(31)25-16-6-4-5-15(23)19(16)24/h4-10,17,30H,3,11-12H2,1-2H3,(H,25,31)(H,26,32). The van der Waals surface area contributed by atoms with Crippen molar-refractivity contribution in [3.05, 3.63) is 63.9 Å². The lowest BCUT2D eigenvalue weighted by Gasteiger charge is -2.17.